The number of piperidine rings is 1. The fraction of sp³-hybridized carbons (Fsp3) is 0.615. The predicted molar refractivity (Wildman–Crippen MR) is 74.0 cm³/mol. The van der Waals surface area contributed by atoms with Crippen molar-refractivity contribution >= 4 is 5.82 Å². The number of pyridine rings is 1. The van der Waals surface area contributed by atoms with E-state index in [-0.39, 0.29) is 0 Å². The Hall–Kier alpha value is -1.17. The number of likely N-dealkylation sites (tertiary alicyclic amines) is 1. The lowest BCUT2D eigenvalue weighted by atomic mass is 10.0. The normalized spacial score (nSPS) is 18.2. The molecule has 0 radical (unpaired) electrons. The van der Waals surface area contributed by atoms with Crippen molar-refractivity contribution in [1.82, 2.24) is 14.8 Å². The molecule has 0 saturated carbocycles. The second-order valence-electron chi connectivity index (χ2n) is 5.17. The van der Waals surface area contributed by atoms with E-state index in [4.69, 9.17) is 5.84 Å². The quantitative estimate of drug-likeness (QED) is 0.613. The number of hydrazine groups is 1. The van der Waals surface area contributed by atoms with Crippen molar-refractivity contribution in [3.63, 3.8) is 0 Å². The van der Waals surface area contributed by atoms with Crippen LogP contribution in [0.25, 0.3) is 0 Å². The summed E-state index contributed by atoms with van der Waals surface area (Å²) >= 11 is 0. The number of aromatic nitrogens is 1. The Morgan fingerprint density at radius 3 is 2.61 bits per heavy atom. The van der Waals surface area contributed by atoms with Crippen molar-refractivity contribution in [2.45, 2.75) is 25.4 Å². The first-order valence-electron chi connectivity index (χ1n) is 6.49. The molecule has 0 atom stereocenters. The van der Waals surface area contributed by atoms with E-state index in [1.165, 1.54) is 31.5 Å². The van der Waals surface area contributed by atoms with E-state index < -0.39 is 0 Å². The van der Waals surface area contributed by atoms with E-state index in [2.05, 4.69) is 40.4 Å². The number of hydrogen-bond donors (Lipinski definition) is 2. The lowest BCUT2D eigenvalue weighted by Gasteiger charge is -2.35. The Morgan fingerprint density at radius 2 is 2.11 bits per heavy atom. The Kier molecular flexibility index (Phi) is 4.52. The molecule has 0 amide bonds. The molecule has 100 valence electrons. The molecule has 1 aromatic heterocycles. The maximum absolute atomic E-state index is 5.30. The fourth-order valence-corrected chi connectivity index (χ4v) is 2.46. The molecule has 1 aromatic rings. The van der Waals surface area contributed by atoms with E-state index in [9.17, 15) is 0 Å². The highest BCUT2D eigenvalue weighted by molar-refractivity contribution is 5.33. The smallest absolute Gasteiger partial charge is 0.139 e. The van der Waals surface area contributed by atoms with Crippen LogP contribution in [0.4, 0.5) is 5.82 Å². The minimum Gasteiger partial charge on any atom is -0.308 e. The summed E-state index contributed by atoms with van der Waals surface area (Å²) in [6, 6.07) is 4.74. The number of nitrogens with two attached hydrogens (primary N) is 1. The Morgan fingerprint density at radius 1 is 1.39 bits per heavy atom. The van der Waals surface area contributed by atoms with Gasteiger partial charge in [-0.2, -0.15) is 0 Å². The van der Waals surface area contributed by atoms with Gasteiger partial charge in [-0.15, -0.1) is 0 Å². The largest absolute Gasteiger partial charge is 0.308 e. The Bertz CT molecular complexity index is 354. The third kappa shape index (κ3) is 3.41. The molecule has 1 aliphatic heterocycles. The number of nitrogens with zero attached hydrogens (tertiary/aromatic N) is 3. The molecule has 2 rings (SSSR count). The molecule has 1 aliphatic rings. The highest BCUT2D eigenvalue weighted by atomic mass is 15.2. The average Bonchev–Trinajstić information content (AvgIpc) is 2.40. The first-order valence-corrected chi connectivity index (χ1v) is 6.49. The van der Waals surface area contributed by atoms with Crippen LogP contribution in [0.3, 0.4) is 0 Å². The summed E-state index contributed by atoms with van der Waals surface area (Å²) in [6.45, 7) is 3.32. The average molecular weight is 249 g/mol. The highest BCUT2D eigenvalue weighted by Gasteiger charge is 2.20. The summed E-state index contributed by atoms with van der Waals surface area (Å²) in [6.07, 6.45) is 4.40. The van der Waals surface area contributed by atoms with Gasteiger partial charge < -0.3 is 10.3 Å². The van der Waals surface area contributed by atoms with E-state index >= 15 is 0 Å². The summed E-state index contributed by atoms with van der Waals surface area (Å²) < 4.78 is 0. The van der Waals surface area contributed by atoms with Gasteiger partial charge in [0.2, 0.25) is 0 Å². The lowest BCUT2D eigenvalue weighted by Crippen LogP contribution is -2.41. The van der Waals surface area contributed by atoms with Gasteiger partial charge in [-0.3, -0.25) is 4.90 Å². The fourth-order valence-electron chi connectivity index (χ4n) is 2.46. The van der Waals surface area contributed by atoms with Crippen molar-refractivity contribution in [2.24, 2.45) is 5.84 Å². The Labute approximate surface area is 109 Å². The molecule has 0 spiro atoms. The van der Waals surface area contributed by atoms with E-state index in [0.717, 1.165) is 12.6 Å². The summed E-state index contributed by atoms with van der Waals surface area (Å²) in [5.74, 6) is 6.01. The van der Waals surface area contributed by atoms with Crippen molar-refractivity contribution in [2.75, 3.05) is 32.6 Å². The molecule has 0 aromatic carbocycles. The van der Waals surface area contributed by atoms with Gasteiger partial charge in [0.05, 0.1) is 0 Å². The molecule has 18 heavy (non-hydrogen) atoms. The summed E-state index contributed by atoms with van der Waals surface area (Å²) in [7, 11) is 4.34. The first kappa shape index (κ1) is 13.3. The molecule has 1 saturated heterocycles. The van der Waals surface area contributed by atoms with Gasteiger partial charge in [0.15, 0.2) is 0 Å². The molecule has 3 N–H and O–H groups in total. The number of hydrogen-bond acceptors (Lipinski definition) is 5. The maximum Gasteiger partial charge on any atom is 0.139 e. The monoisotopic (exact) mass is 249 g/mol. The lowest BCUT2D eigenvalue weighted by molar-refractivity contribution is 0.140. The van der Waals surface area contributed by atoms with Gasteiger partial charge in [0.25, 0.3) is 0 Å². The topological polar surface area (TPSA) is 57.4 Å². The van der Waals surface area contributed by atoms with Crippen LogP contribution in [0.1, 0.15) is 18.4 Å². The molecular weight excluding hydrogens is 226 g/mol. The van der Waals surface area contributed by atoms with Gasteiger partial charge in [-0.25, -0.2) is 10.8 Å². The zero-order valence-electron chi connectivity index (χ0n) is 11.3. The highest BCUT2D eigenvalue weighted by Crippen LogP contribution is 2.16. The number of nitrogen functional groups attached to an aromatic ring is 1. The molecule has 5 nitrogen and oxygen atoms in total. The summed E-state index contributed by atoms with van der Waals surface area (Å²) in [5, 5.41) is 0. The number of nitrogens with one attached hydrogen (secondary N) is 1. The molecule has 0 bridgehead atoms. The van der Waals surface area contributed by atoms with Crippen LogP contribution in [0.2, 0.25) is 0 Å². The second kappa shape index (κ2) is 6.13. The van der Waals surface area contributed by atoms with Crippen molar-refractivity contribution in [3.05, 3.63) is 23.9 Å². The first-order chi connectivity index (χ1) is 8.69. The van der Waals surface area contributed by atoms with E-state index in [0.29, 0.717) is 5.82 Å². The van der Waals surface area contributed by atoms with Crippen LogP contribution < -0.4 is 11.3 Å². The SMILES string of the molecule is CN(C)C1CCN(Cc2ccc(NN)nc2)CC1. The van der Waals surface area contributed by atoms with Gasteiger partial charge in [0, 0.05) is 18.8 Å². The predicted octanol–water partition coefficient (Wildman–Crippen LogP) is 0.893. The van der Waals surface area contributed by atoms with Crippen LogP contribution in [0, 0.1) is 0 Å². The second-order valence-corrected chi connectivity index (χ2v) is 5.17. The van der Waals surface area contributed by atoms with Crippen LogP contribution in [-0.2, 0) is 6.54 Å². The van der Waals surface area contributed by atoms with Crippen molar-refractivity contribution in [1.29, 1.82) is 0 Å². The zero-order chi connectivity index (χ0) is 13.0. The van der Waals surface area contributed by atoms with Crippen molar-refractivity contribution in [3.8, 4) is 0 Å². The minimum atomic E-state index is 0.713. The van der Waals surface area contributed by atoms with Gasteiger partial charge in [-0.05, 0) is 51.7 Å². The molecule has 0 unspecified atom stereocenters. The van der Waals surface area contributed by atoms with Gasteiger partial charge >= 0.3 is 0 Å². The van der Waals surface area contributed by atoms with Gasteiger partial charge in [0.1, 0.15) is 5.82 Å². The van der Waals surface area contributed by atoms with Gasteiger partial charge in [-0.1, -0.05) is 6.07 Å². The standard InChI is InChI=1S/C13H23N5/c1-17(2)12-5-7-18(8-6-12)10-11-3-4-13(16-14)15-9-11/h3-4,9,12H,5-8,10,14H2,1-2H3,(H,15,16). The zero-order valence-corrected chi connectivity index (χ0v) is 11.3. The van der Waals surface area contributed by atoms with Crippen molar-refractivity contribution < 1.29 is 0 Å². The van der Waals surface area contributed by atoms with Crippen LogP contribution in [-0.4, -0.2) is 48.0 Å². The van der Waals surface area contributed by atoms with E-state index in [1.54, 1.807) is 0 Å². The maximum atomic E-state index is 5.30. The minimum absolute atomic E-state index is 0.713. The van der Waals surface area contributed by atoms with E-state index in [1.807, 2.05) is 12.3 Å². The molecule has 5 heteroatoms. The summed E-state index contributed by atoms with van der Waals surface area (Å²) in [5.41, 5.74) is 3.79. The number of rotatable bonds is 4. The third-order valence-corrected chi connectivity index (χ3v) is 3.67. The van der Waals surface area contributed by atoms with Crippen LogP contribution in [0.5, 0.6) is 0 Å². The molecule has 2 heterocycles. The molecule has 1 fully saturated rings. The molecular formula is C13H23N5. The Balaban J connectivity index is 1.83. The number of anilines is 1. The van der Waals surface area contributed by atoms with Crippen LogP contribution in [0.15, 0.2) is 18.3 Å². The summed E-state index contributed by atoms with van der Waals surface area (Å²) in [4.78, 5) is 9.06. The third-order valence-electron chi connectivity index (χ3n) is 3.67. The molecule has 0 aliphatic carbocycles. The van der Waals surface area contributed by atoms with Crippen LogP contribution >= 0.6 is 0 Å².